The third-order valence-electron chi connectivity index (χ3n) is 8.41. The van der Waals surface area contributed by atoms with E-state index in [1.807, 2.05) is 12.2 Å². The van der Waals surface area contributed by atoms with Crippen LogP contribution in [0.3, 0.4) is 0 Å². The molecule has 0 aromatic carbocycles. The summed E-state index contributed by atoms with van der Waals surface area (Å²) in [6.45, 7) is 1.75. The number of carbonyl (C=O) groups excluding carboxylic acids is 3. The molecule has 0 unspecified atom stereocenters. The number of aryl methyl sites for hydroxylation is 1. The lowest BCUT2D eigenvalue weighted by molar-refractivity contribution is -0.144. The highest BCUT2D eigenvalue weighted by Crippen LogP contribution is 2.56. The van der Waals surface area contributed by atoms with Gasteiger partial charge in [-0.15, -0.1) is 0 Å². The van der Waals surface area contributed by atoms with E-state index in [1.54, 1.807) is 17.9 Å². The number of amides is 3. The van der Waals surface area contributed by atoms with Crippen LogP contribution in [0.5, 0.6) is 0 Å². The van der Waals surface area contributed by atoms with Crippen molar-refractivity contribution in [1.82, 2.24) is 15.4 Å². The van der Waals surface area contributed by atoms with Gasteiger partial charge in [-0.1, -0.05) is 49.4 Å². The minimum absolute atomic E-state index is 0.00697. The minimum atomic E-state index is -1.11. The number of nitrogens with zero attached hydrogens (tertiary/aromatic N) is 2. The largest absolute Gasteiger partial charge is 0.360 e. The van der Waals surface area contributed by atoms with Crippen molar-refractivity contribution in [3.05, 3.63) is 24.0 Å². The third-order valence-corrected chi connectivity index (χ3v) is 8.41. The van der Waals surface area contributed by atoms with E-state index in [4.69, 9.17) is 9.26 Å². The third kappa shape index (κ3) is 3.31. The molecule has 4 heterocycles. The van der Waals surface area contributed by atoms with Gasteiger partial charge in [0.1, 0.15) is 17.4 Å². The van der Waals surface area contributed by atoms with Crippen molar-refractivity contribution in [2.24, 2.45) is 11.8 Å². The first kappa shape index (κ1) is 21.8. The van der Waals surface area contributed by atoms with Gasteiger partial charge in [0.05, 0.1) is 17.9 Å². The van der Waals surface area contributed by atoms with Crippen LogP contribution in [0, 0.1) is 18.8 Å². The Balaban J connectivity index is 1.32. The molecule has 0 radical (unpaired) electrons. The smallest absolute Gasteiger partial charge is 0.246 e. The van der Waals surface area contributed by atoms with E-state index in [1.165, 1.54) is 6.42 Å². The summed E-state index contributed by atoms with van der Waals surface area (Å²) in [4.78, 5) is 42.9. The van der Waals surface area contributed by atoms with Crippen LogP contribution < -0.4 is 10.6 Å². The molecule has 4 fully saturated rings. The van der Waals surface area contributed by atoms with Gasteiger partial charge in [0, 0.05) is 18.2 Å². The molecule has 5 aliphatic rings. The summed E-state index contributed by atoms with van der Waals surface area (Å²) in [5.74, 6) is -1.16. The Morgan fingerprint density at radius 2 is 1.82 bits per heavy atom. The predicted octanol–water partition coefficient (Wildman–Crippen LogP) is 2.46. The molecule has 9 nitrogen and oxygen atoms in total. The van der Waals surface area contributed by atoms with Crippen molar-refractivity contribution < 1.29 is 23.6 Å². The second-order valence-electron chi connectivity index (χ2n) is 10.5. The summed E-state index contributed by atoms with van der Waals surface area (Å²) in [7, 11) is 0. The van der Waals surface area contributed by atoms with Gasteiger partial charge < -0.3 is 24.8 Å². The van der Waals surface area contributed by atoms with E-state index in [0.717, 1.165) is 51.4 Å². The predicted molar refractivity (Wildman–Crippen MR) is 121 cm³/mol. The Morgan fingerprint density at radius 1 is 1.09 bits per heavy atom. The van der Waals surface area contributed by atoms with Crippen molar-refractivity contribution >= 4 is 23.5 Å². The Bertz CT molecular complexity index is 1020. The van der Waals surface area contributed by atoms with Gasteiger partial charge in [0.25, 0.3) is 0 Å². The molecular formula is C25H32N4O5. The summed E-state index contributed by atoms with van der Waals surface area (Å²) in [6.07, 6.45) is 12.4. The average molecular weight is 469 g/mol. The summed E-state index contributed by atoms with van der Waals surface area (Å²) in [6, 6.07) is 1.03. The fraction of sp³-hybridized carbons (Fsp3) is 0.680. The summed E-state index contributed by atoms with van der Waals surface area (Å²) < 4.78 is 11.5. The number of aromatic nitrogens is 1. The first-order valence-electron chi connectivity index (χ1n) is 12.7. The topological polar surface area (TPSA) is 114 Å². The van der Waals surface area contributed by atoms with Crippen LogP contribution in [0.25, 0.3) is 0 Å². The highest BCUT2D eigenvalue weighted by atomic mass is 16.5. The molecule has 1 spiro atoms. The van der Waals surface area contributed by atoms with Gasteiger partial charge in [0.2, 0.25) is 17.7 Å². The Kier molecular flexibility index (Phi) is 5.28. The number of fused-ring (bicyclic) bond motifs is 1. The molecule has 6 rings (SSSR count). The zero-order chi connectivity index (χ0) is 23.4. The number of rotatable bonds is 5. The van der Waals surface area contributed by atoms with Crippen LogP contribution in [0.4, 0.5) is 5.82 Å². The lowest BCUT2D eigenvalue weighted by atomic mass is 9.74. The number of hydrogen-bond acceptors (Lipinski definition) is 6. The molecule has 1 aromatic heterocycles. The molecule has 1 aromatic rings. The lowest BCUT2D eigenvalue weighted by Gasteiger charge is -2.36. The number of anilines is 1. The number of hydrogen-bond donors (Lipinski definition) is 2. The van der Waals surface area contributed by atoms with Gasteiger partial charge in [-0.3, -0.25) is 14.4 Å². The van der Waals surface area contributed by atoms with E-state index in [0.29, 0.717) is 11.6 Å². The molecule has 34 heavy (non-hydrogen) atoms. The first-order chi connectivity index (χ1) is 16.5. The molecule has 5 atom stereocenters. The quantitative estimate of drug-likeness (QED) is 0.642. The van der Waals surface area contributed by atoms with Gasteiger partial charge in [0.15, 0.2) is 5.82 Å². The summed E-state index contributed by atoms with van der Waals surface area (Å²) >= 11 is 0. The number of likely N-dealkylation sites (tertiary alicyclic amines) is 1. The zero-order valence-electron chi connectivity index (χ0n) is 19.5. The Hall–Kier alpha value is -2.68. The van der Waals surface area contributed by atoms with Gasteiger partial charge in [-0.05, 0) is 32.6 Å². The maximum Gasteiger partial charge on any atom is 0.246 e. The molecule has 2 aliphatic carbocycles. The van der Waals surface area contributed by atoms with Crippen LogP contribution in [0.2, 0.25) is 0 Å². The number of ether oxygens (including phenoxy) is 1. The minimum Gasteiger partial charge on any atom is -0.360 e. The molecule has 2 N–H and O–H groups in total. The van der Waals surface area contributed by atoms with Crippen LogP contribution in [-0.2, 0) is 19.1 Å². The molecule has 182 valence electrons. The van der Waals surface area contributed by atoms with Crippen molar-refractivity contribution in [3.63, 3.8) is 0 Å². The first-order valence-corrected chi connectivity index (χ1v) is 12.7. The standard InChI is InChI=1S/C25H32N4O5/c1-14-13-18(28-34-14)27-22(30)19-17-11-12-25(33-17)20(19)24(32)29(16-9-5-6-10-16)21(25)23(31)26-15-7-3-2-4-8-15/h11-13,15-17,19-21H,2-10H2,1H3,(H,26,31)(H,27,28,30)/t17-,19-,20+,21+,25-/m1/s1. The van der Waals surface area contributed by atoms with E-state index >= 15 is 0 Å². The summed E-state index contributed by atoms with van der Waals surface area (Å²) in [5.41, 5.74) is -1.11. The molecule has 9 heteroatoms. The molecule has 3 amide bonds. The maximum absolute atomic E-state index is 14.0. The molecule has 2 saturated heterocycles. The van der Waals surface area contributed by atoms with Crippen molar-refractivity contribution in [1.29, 1.82) is 0 Å². The average Bonchev–Trinajstić information content (AvgIpc) is 3.63. The van der Waals surface area contributed by atoms with Crippen LogP contribution in [-0.4, -0.2) is 57.6 Å². The second-order valence-corrected chi connectivity index (χ2v) is 10.5. The van der Waals surface area contributed by atoms with Gasteiger partial charge >= 0.3 is 0 Å². The van der Waals surface area contributed by atoms with Crippen LogP contribution >= 0.6 is 0 Å². The maximum atomic E-state index is 14.0. The van der Waals surface area contributed by atoms with Crippen molar-refractivity contribution in [3.8, 4) is 0 Å². The monoisotopic (exact) mass is 468 g/mol. The summed E-state index contributed by atoms with van der Waals surface area (Å²) in [5, 5.41) is 9.88. The fourth-order valence-corrected chi connectivity index (χ4v) is 6.94. The van der Waals surface area contributed by atoms with Gasteiger partial charge in [-0.25, -0.2) is 0 Å². The van der Waals surface area contributed by atoms with Crippen molar-refractivity contribution in [2.45, 2.75) is 94.5 Å². The molecule has 2 bridgehead atoms. The highest BCUT2D eigenvalue weighted by molar-refractivity contribution is 6.02. The number of carbonyl (C=O) groups is 3. The van der Waals surface area contributed by atoms with Crippen LogP contribution in [0.1, 0.15) is 63.5 Å². The fourth-order valence-electron chi connectivity index (χ4n) is 6.94. The van der Waals surface area contributed by atoms with E-state index in [9.17, 15) is 14.4 Å². The number of nitrogens with one attached hydrogen (secondary N) is 2. The van der Waals surface area contributed by atoms with Gasteiger partial charge in [-0.2, -0.15) is 0 Å². The lowest BCUT2D eigenvalue weighted by Crippen LogP contribution is -2.58. The Labute approximate surface area is 198 Å². The Morgan fingerprint density at radius 3 is 2.53 bits per heavy atom. The van der Waals surface area contributed by atoms with Crippen molar-refractivity contribution in [2.75, 3.05) is 5.32 Å². The second kappa shape index (κ2) is 8.22. The van der Waals surface area contributed by atoms with E-state index in [-0.39, 0.29) is 29.8 Å². The van der Waals surface area contributed by atoms with E-state index in [2.05, 4.69) is 15.8 Å². The highest BCUT2D eigenvalue weighted by Gasteiger charge is 2.73. The van der Waals surface area contributed by atoms with Crippen LogP contribution in [0.15, 0.2) is 22.7 Å². The normalized spacial score (nSPS) is 35.2. The SMILES string of the molecule is Cc1cc(NC(=O)[C@H]2[C@H]3C(=O)N(C4CCCC4)[C@@H](C(=O)NC4CCCCC4)[C@@]34C=C[C@H]2O4)no1. The zero-order valence-corrected chi connectivity index (χ0v) is 19.5. The molecule has 2 saturated carbocycles. The molecular weight excluding hydrogens is 436 g/mol. The molecule has 3 aliphatic heterocycles. The van der Waals surface area contributed by atoms with E-state index < -0.39 is 29.6 Å².